The second kappa shape index (κ2) is 3.90. The van der Waals surface area contributed by atoms with Gasteiger partial charge in [-0.15, -0.1) is 0 Å². The predicted molar refractivity (Wildman–Crippen MR) is 54.0 cm³/mol. The molecule has 0 fully saturated rings. The molecule has 0 aliphatic heterocycles. The zero-order valence-corrected chi connectivity index (χ0v) is 8.74. The molecule has 2 nitrogen and oxygen atoms in total. The minimum atomic E-state index is 0.559. The minimum Gasteiger partial charge on any atom is -0.337 e. The molecule has 0 spiro atoms. The van der Waals surface area contributed by atoms with Gasteiger partial charge < -0.3 is 9.55 Å². The molecule has 1 N–H and O–H groups in total. The lowest BCUT2D eigenvalue weighted by Gasteiger charge is -2.15. The third-order valence-corrected chi connectivity index (χ3v) is 2.63. The maximum Gasteiger partial charge on any atom is 0.177 e. The molecule has 3 heteroatoms. The SMILES string of the molecule is CCC(CC)n1c(C)c[nH]c1=S. The van der Waals surface area contributed by atoms with Gasteiger partial charge in [0.1, 0.15) is 0 Å². The van der Waals surface area contributed by atoms with Crippen molar-refractivity contribution in [1.82, 2.24) is 9.55 Å². The van der Waals surface area contributed by atoms with Crippen LogP contribution in [0.3, 0.4) is 0 Å². The second-order valence-corrected chi connectivity index (χ2v) is 3.46. The van der Waals surface area contributed by atoms with E-state index in [1.807, 2.05) is 6.20 Å². The maximum absolute atomic E-state index is 5.19. The number of aryl methyl sites for hydroxylation is 1. The molecule has 1 rings (SSSR count). The number of H-pyrrole nitrogens is 1. The molecule has 0 aliphatic carbocycles. The van der Waals surface area contributed by atoms with E-state index >= 15 is 0 Å². The lowest BCUT2D eigenvalue weighted by atomic mass is 10.1. The highest BCUT2D eigenvalue weighted by Gasteiger charge is 2.08. The van der Waals surface area contributed by atoms with E-state index in [1.165, 1.54) is 5.69 Å². The standard InChI is InChI=1S/C9H16N2S/c1-4-8(5-2)11-7(3)6-10-9(11)12/h6,8H,4-5H2,1-3H3,(H,10,12). The van der Waals surface area contributed by atoms with Crippen molar-refractivity contribution < 1.29 is 0 Å². The fraction of sp³-hybridized carbons (Fsp3) is 0.667. The summed E-state index contributed by atoms with van der Waals surface area (Å²) >= 11 is 5.19. The van der Waals surface area contributed by atoms with Crippen LogP contribution in [0.2, 0.25) is 0 Å². The van der Waals surface area contributed by atoms with Crippen LogP contribution in [0.5, 0.6) is 0 Å². The van der Waals surface area contributed by atoms with Crippen molar-refractivity contribution in [2.45, 2.75) is 39.7 Å². The highest BCUT2D eigenvalue weighted by Crippen LogP contribution is 2.17. The molecule has 68 valence electrons. The minimum absolute atomic E-state index is 0.559. The van der Waals surface area contributed by atoms with Crippen molar-refractivity contribution in [1.29, 1.82) is 0 Å². The third kappa shape index (κ3) is 1.61. The van der Waals surface area contributed by atoms with Crippen LogP contribution in [0.1, 0.15) is 38.4 Å². The zero-order valence-electron chi connectivity index (χ0n) is 7.92. The van der Waals surface area contributed by atoms with Crippen molar-refractivity contribution in [3.63, 3.8) is 0 Å². The van der Waals surface area contributed by atoms with Crippen LogP contribution >= 0.6 is 12.2 Å². The Morgan fingerprint density at radius 2 is 2.08 bits per heavy atom. The zero-order chi connectivity index (χ0) is 9.14. The van der Waals surface area contributed by atoms with Crippen molar-refractivity contribution in [3.8, 4) is 0 Å². The van der Waals surface area contributed by atoms with Crippen molar-refractivity contribution in [3.05, 3.63) is 16.7 Å². The van der Waals surface area contributed by atoms with E-state index in [4.69, 9.17) is 12.2 Å². The van der Waals surface area contributed by atoms with E-state index in [0.29, 0.717) is 6.04 Å². The van der Waals surface area contributed by atoms with Crippen molar-refractivity contribution in [2.75, 3.05) is 0 Å². The van der Waals surface area contributed by atoms with Gasteiger partial charge in [-0.1, -0.05) is 13.8 Å². The summed E-state index contributed by atoms with van der Waals surface area (Å²) in [5.41, 5.74) is 1.23. The van der Waals surface area contributed by atoms with E-state index in [0.717, 1.165) is 17.6 Å². The van der Waals surface area contributed by atoms with Crippen molar-refractivity contribution in [2.24, 2.45) is 0 Å². The number of hydrogen-bond donors (Lipinski definition) is 1. The van der Waals surface area contributed by atoms with Crippen molar-refractivity contribution >= 4 is 12.2 Å². The Balaban J connectivity index is 3.06. The number of nitrogens with one attached hydrogen (secondary N) is 1. The monoisotopic (exact) mass is 184 g/mol. The molecule has 0 radical (unpaired) electrons. The Morgan fingerprint density at radius 3 is 2.42 bits per heavy atom. The summed E-state index contributed by atoms with van der Waals surface area (Å²) in [5.74, 6) is 0. The smallest absolute Gasteiger partial charge is 0.177 e. The Kier molecular flexibility index (Phi) is 3.09. The summed E-state index contributed by atoms with van der Waals surface area (Å²) in [4.78, 5) is 3.06. The lowest BCUT2D eigenvalue weighted by molar-refractivity contribution is 0.458. The first-order valence-electron chi connectivity index (χ1n) is 4.47. The van der Waals surface area contributed by atoms with Gasteiger partial charge >= 0.3 is 0 Å². The molecule has 12 heavy (non-hydrogen) atoms. The van der Waals surface area contributed by atoms with E-state index in [1.54, 1.807) is 0 Å². The molecule has 0 saturated heterocycles. The molecule has 1 heterocycles. The molecule has 0 saturated carbocycles. The molecule has 0 aliphatic rings. The molecule has 1 aromatic rings. The van der Waals surface area contributed by atoms with Crippen LogP contribution in [0.25, 0.3) is 0 Å². The van der Waals surface area contributed by atoms with Crippen LogP contribution in [-0.2, 0) is 0 Å². The molecular formula is C9H16N2S. The Morgan fingerprint density at radius 1 is 1.50 bits per heavy atom. The van der Waals surface area contributed by atoms with Crippen LogP contribution < -0.4 is 0 Å². The summed E-state index contributed by atoms with van der Waals surface area (Å²) in [6.45, 7) is 6.48. The highest BCUT2D eigenvalue weighted by molar-refractivity contribution is 7.71. The fourth-order valence-corrected chi connectivity index (χ4v) is 1.93. The first-order valence-corrected chi connectivity index (χ1v) is 4.88. The molecule has 0 bridgehead atoms. The summed E-state index contributed by atoms with van der Waals surface area (Å²) in [6, 6.07) is 0.559. The van der Waals surface area contributed by atoms with E-state index in [9.17, 15) is 0 Å². The molecule has 0 aromatic carbocycles. The van der Waals surface area contributed by atoms with E-state index in [2.05, 4.69) is 30.3 Å². The van der Waals surface area contributed by atoms with Gasteiger partial charge in [-0.3, -0.25) is 0 Å². The molecule has 0 atom stereocenters. The summed E-state index contributed by atoms with van der Waals surface area (Å²) in [5, 5.41) is 0. The fourth-order valence-electron chi connectivity index (χ4n) is 1.57. The van der Waals surface area contributed by atoms with Gasteiger partial charge in [0.05, 0.1) is 0 Å². The highest BCUT2D eigenvalue weighted by atomic mass is 32.1. The maximum atomic E-state index is 5.19. The van der Waals surface area contributed by atoms with Gasteiger partial charge in [0.2, 0.25) is 0 Å². The lowest BCUT2D eigenvalue weighted by Crippen LogP contribution is -2.08. The van der Waals surface area contributed by atoms with Gasteiger partial charge in [-0.05, 0) is 32.0 Å². The average Bonchev–Trinajstić information content (AvgIpc) is 2.38. The molecule has 1 aromatic heterocycles. The number of imidazole rings is 1. The van der Waals surface area contributed by atoms with Crippen LogP contribution in [0.15, 0.2) is 6.20 Å². The Bertz CT molecular complexity index is 294. The Hall–Kier alpha value is -0.570. The van der Waals surface area contributed by atoms with Crippen LogP contribution in [-0.4, -0.2) is 9.55 Å². The molecule has 0 unspecified atom stereocenters. The summed E-state index contributed by atoms with van der Waals surface area (Å²) < 4.78 is 3.05. The van der Waals surface area contributed by atoms with Gasteiger partial charge in [0.25, 0.3) is 0 Å². The van der Waals surface area contributed by atoms with Crippen LogP contribution in [0.4, 0.5) is 0 Å². The van der Waals surface area contributed by atoms with E-state index < -0.39 is 0 Å². The second-order valence-electron chi connectivity index (χ2n) is 3.08. The number of aromatic amines is 1. The first-order chi connectivity index (χ1) is 5.70. The van der Waals surface area contributed by atoms with Gasteiger partial charge in [0.15, 0.2) is 4.77 Å². The van der Waals surface area contributed by atoms with Gasteiger partial charge in [0, 0.05) is 17.9 Å². The summed E-state index contributed by atoms with van der Waals surface area (Å²) in [7, 11) is 0. The summed E-state index contributed by atoms with van der Waals surface area (Å²) in [6.07, 6.45) is 4.26. The predicted octanol–water partition coefficient (Wildman–Crippen LogP) is 3.22. The number of nitrogens with zero attached hydrogens (tertiary/aromatic N) is 1. The van der Waals surface area contributed by atoms with Gasteiger partial charge in [-0.2, -0.15) is 0 Å². The number of aromatic nitrogens is 2. The largest absolute Gasteiger partial charge is 0.337 e. The normalized spacial score (nSPS) is 11.0. The third-order valence-electron chi connectivity index (χ3n) is 2.31. The van der Waals surface area contributed by atoms with Crippen LogP contribution in [0, 0.1) is 11.7 Å². The Labute approximate surface area is 78.6 Å². The molecular weight excluding hydrogens is 168 g/mol. The quantitative estimate of drug-likeness (QED) is 0.715. The average molecular weight is 184 g/mol. The van der Waals surface area contributed by atoms with E-state index in [-0.39, 0.29) is 0 Å². The topological polar surface area (TPSA) is 20.7 Å². The molecule has 0 amide bonds. The number of hydrogen-bond acceptors (Lipinski definition) is 1. The first kappa shape index (κ1) is 9.52. The van der Waals surface area contributed by atoms with Gasteiger partial charge in [-0.25, -0.2) is 0 Å². The number of rotatable bonds is 3.